The minimum absolute atomic E-state index is 0.148. The Morgan fingerprint density at radius 1 is 1.35 bits per heavy atom. The number of halogens is 2. The largest absolute Gasteiger partial charge is 0.472 e. The Balaban J connectivity index is 1.72. The first kappa shape index (κ1) is 15.8. The van der Waals surface area contributed by atoms with Crippen molar-refractivity contribution >= 4 is 42.1 Å². The topological polar surface area (TPSA) is 103 Å². The lowest BCUT2D eigenvalue weighted by Crippen LogP contribution is -2.39. The first-order chi connectivity index (χ1) is 10.9. The molecule has 2 fully saturated rings. The first-order valence-corrected chi connectivity index (χ1v) is 8.92. The van der Waals surface area contributed by atoms with E-state index in [0.717, 1.165) is 0 Å². The maximum absolute atomic E-state index is 11.5. The van der Waals surface area contributed by atoms with E-state index >= 15 is 0 Å². The molecule has 2 N–H and O–H groups in total. The number of phosphoric acid groups is 1. The molecule has 2 aromatic rings. The Morgan fingerprint density at radius 3 is 2.87 bits per heavy atom. The number of hydrogen-bond acceptors (Lipinski definition) is 6. The summed E-state index contributed by atoms with van der Waals surface area (Å²) < 4.78 is 28.4. The van der Waals surface area contributed by atoms with E-state index in [9.17, 15) is 14.6 Å². The zero-order chi connectivity index (χ0) is 16.4. The Labute approximate surface area is 140 Å². The van der Waals surface area contributed by atoms with E-state index in [1.807, 2.05) is 0 Å². The molecule has 3 heterocycles. The van der Waals surface area contributed by atoms with Gasteiger partial charge in [0.25, 0.3) is 0 Å². The molecule has 0 amide bonds. The number of nitrogens with zero attached hydrogens (tertiary/aromatic N) is 2. The molecule has 5 atom stereocenters. The van der Waals surface area contributed by atoms with Crippen LogP contribution in [0.25, 0.3) is 11.0 Å². The molecule has 0 radical (unpaired) electrons. The molecule has 2 aliphatic heterocycles. The predicted octanol–water partition coefficient (Wildman–Crippen LogP) is 2.12. The summed E-state index contributed by atoms with van der Waals surface area (Å²) in [5, 5.41) is 11.1. The number of imidazole rings is 1. The van der Waals surface area contributed by atoms with E-state index in [0.29, 0.717) is 21.1 Å². The van der Waals surface area contributed by atoms with Crippen molar-refractivity contribution in [2.75, 3.05) is 6.61 Å². The maximum atomic E-state index is 11.5. The lowest BCUT2D eigenvalue weighted by Gasteiger charge is -2.27. The van der Waals surface area contributed by atoms with Crippen LogP contribution in [-0.2, 0) is 18.3 Å². The van der Waals surface area contributed by atoms with Crippen LogP contribution in [0.3, 0.4) is 0 Å². The second-order valence-electron chi connectivity index (χ2n) is 5.30. The second-order valence-corrected chi connectivity index (χ2v) is 7.52. The third-order valence-corrected chi connectivity index (χ3v) is 5.56. The summed E-state index contributed by atoms with van der Waals surface area (Å²) >= 11 is 12.0. The third-order valence-electron chi connectivity index (χ3n) is 3.86. The van der Waals surface area contributed by atoms with Gasteiger partial charge in [-0.15, -0.1) is 0 Å². The Bertz CT molecular complexity index is 829. The summed E-state index contributed by atoms with van der Waals surface area (Å²) in [6, 6.07) is 3.21. The second kappa shape index (κ2) is 5.40. The van der Waals surface area contributed by atoms with Gasteiger partial charge in [-0.25, -0.2) is 9.55 Å². The van der Waals surface area contributed by atoms with Crippen molar-refractivity contribution in [3.05, 3.63) is 28.5 Å². The van der Waals surface area contributed by atoms with Crippen molar-refractivity contribution in [1.29, 1.82) is 0 Å². The van der Waals surface area contributed by atoms with Crippen LogP contribution in [0.15, 0.2) is 18.5 Å². The zero-order valence-corrected chi connectivity index (χ0v) is 13.8. The molecule has 2 saturated heterocycles. The molecule has 4 unspecified atom stereocenters. The number of aromatic nitrogens is 2. The standard InChI is InChI=1S/C12H11Cl2N2O6P/c13-5-1-7-8(2-6(5)14)16(4-15-7)12-10(17)11-9(21-12)3-20-23(18,19)22-11/h1-2,4,9-12,17H,3H2,(H,18,19)/t9?,10-,11?,12?/m0/s1. The predicted molar refractivity (Wildman–Crippen MR) is 80.3 cm³/mol. The minimum Gasteiger partial charge on any atom is -0.386 e. The molecule has 0 saturated carbocycles. The van der Waals surface area contributed by atoms with E-state index in [1.165, 1.54) is 6.33 Å². The lowest BCUT2D eigenvalue weighted by atomic mass is 10.1. The summed E-state index contributed by atoms with van der Waals surface area (Å²) in [5.74, 6) is 0. The van der Waals surface area contributed by atoms with Crippen LogP contribution >= 0.6 is 31.0 Å². The summed E-state index contributed by atoms with van der Waals surface area (Å²) in [4.78, 5) is 13.6. The molecule has 0 bridgehead atoms. The summed E-state index contributed by atoms with van der Waals surface area (Å²) in [5.41, 5.74) is 1.19. The molecule has 2 aliphatic rings. The lowest BCUT2D eigenvalue weighted by molar-refractivity contribution is -0.0663. The number of ether oxygens (including phenoxy) is 1. The van der Waals surface area contributed by atoms with Crippen LogP contribution in [0.4, 0.5) is 0 Å². The van der Waals surface area contributed by atoms with Gasteiger partial charge in [0.05, 0.1) is 34.0 Å². The fourth-order valence-corrected chi connectivity index (χ4v) is 4.07. The number of hydrogen-bond donors (Lipinski definition) is 2. The van der Waals surface area contributed by atoms with Gasteiger partial charge in [-0.3, -0.25) is 9.05 Å². The SMILES string of the molecule is O=P1(O)OCC2OC(n3cnc4cc(Cl)c(Cl)cc43)[C@@H](O)C2O1. The van der Waals surface area contributed by atoms with Gasteiger partial charge in [-0.05, 0) is 12.1 Å². The molecule has 23 heavy (non-hydrogen) atoms. The third kappa shape index (κ3) is 2.59. The monoisotopic (exact) mass is 380 g/mol. The van der Waals surface area contributed by atoms with E-state index in [1.54, 1.807) is 16.7 Å². The first-order valence-electron chi connectivity index (χ1n) is 6.66. The molecular formula is C12H11Cl2N2O6P. The van der Waals surface area contributed by atoms with Crippen LogP contribution in [-0.4, -0.2) is 44.5 Å². The molecule has 0 aliphatic carbocycles. The molecule has 0 spiro atoms. The van der Waals surface area contributed by atoms with Gasteiger partial charge >= 0.3 is 7.82 Å². The Kier molecular flexibility index (Phi) is 3.71. The van der Waals surface area contributed by atoms with Crippen molar-refractivity contribution in [2.24, 2.45) is 0 Å². The summed E-state index contributed by atoms with van der Waals surface area (Å²) in [6.07, 6.45) is -2.18. The summed E-state index contributed by atoms with van der Waals surface area (Å²) in [7, 11) is -4.16. The van der Waals surface area contributed by atoms with Gasteiger partial charge in [0.15, 0.2) is 6.23 Å². The van der Waals surface area contributed by atoms with Crippen molar-refractivity contribution in [1.82, 2.24) is 9.55 Å². The van der Waals surface area contributed by atoms with E-state index in [4.69, 9.17) is 37.0 Å². The molecule has 1 aromatic heterocycles. The van der Waals surface area contributed by atoms with Crippen LogP contribution in [0.1, 0.15) is 6.23 Å². The fourth-order valence-electron chi connectivity index (χ4n) is 2.79. The van der Waals surface area contributed by atoms with Gasteiger partial charge in [0, 0.05) is 0 Å². The number of aliphatic hydroxyl groups excluding tert-OH is 1. The molecule has 8 nitrogen and oxygen atoms in total. The quantitative estimate of drug-likeness (QED) is 0.730. The molecule has 1 aromatic carbocycles. The smallest absolute Gasteiger partial charge is 0.386 e. The van der Waals surface area contributed by atoms with Gasteiger partial charge in [0.2, 0.25) is 0 Å². The van der Waals surface area contributed by atoms with Crippen LogP contribution in [0.2, 0.25) is 10.0 Å². The van der Waals surface area contributed by atoms with Crippen molar-refractivity contribution in [3.8, 4) is 0 Å². The van der Waals surface area contributed by atoms with Crippen molar-refractivity contribution in [2.45, 2.75) is 24.5 Å². The van der Waals surface area contributed by atoms with Gasteiger partial charge < -0.3 is 19.3 Å². The number of aliphatic hydroxyl groups is 1. The zero-order valence-electron chi connectivity index (χ0n) is 11.4. The van der Waals surface area contributed by atoms with Crippen molar-refractivity contribution in [3.63, 3.8) is 0 Å². The molecule has 4 rings (SSSR count). The summed E-state index contributed by atoms with van der Waals surface area (Å²) in [6.45, 7) is -0.148. The Hall–Kier alpha value is -0.700. The highest BCUT2D eigenvalue weighted by molar-refractivity contribution is 7.47. The van der Waals surface area contributed by atoms with Gasteiger partial charge in [-0.2, -0.15) is 0 Å². The highest BCUT2D eigenvalue weighted by Gasteiger charge is 2.52. The van der Waals surface area contributed by atoms with Crippen LogP contribution < -0.4 is 0 Å². The average molecular weight is 381 g/mol. The van der Waals surface area contributed by atoms with Crippen LogP contribution in [0.5, 0.6) is 0 Å². The average Bonchev–Trinajstić information content (AvgIpc) is 3.01. The molecule has 124 valence electrons. The molecular weight excluding hydrogens is 370 g/mol. The van der Waals surface area contributed by atoms with E-state index < -0.39 is 32.4 Å². The fraction of sp³-hybridized carbons (Fsp3) is 0.417. The normalized spacial score (nSPS) is 37.2. The van der Waals surface area contributed by atoms with Crippen LogP contribution in [0, 0.1) is 0 Å². The molecule has 11 heteroatoms. The number of fused-ring (bicyclic) bond motifs is 2. The van der Waals surface area contributed by atoms with Gasteiger partial charge in [0.1, 0.15) is 18.3 Å². The maximum Gasteiger partial charge on any atom is 0.472 e. The highest BCUT2D eigenvalue weighted by Crippen LogP contribution is 2.52. The van der Waals surface area contributed by atoms with E-state index in [-0.39, 0.29) is 6.61 Å². The number of benzene rings is 1. The highest BCUT2D eigenvalue weighted by atomic mass is 35.5. The number of phosphoric ester groups is 1. The Morgan fingerprint density at radius 2 is 2.09 bits per heavy atom. The minimum atomic E-state index is -4.16. The van der Waals surface area contributed by atoms with Gasteiger partial charge in [-0.1, -0.05) is 23.2 Å². The van der Waals surface area contributed by atoms with E-state index in [2.05, 4.69) is 4.98 Å². The van der Waals surface area contributed by atoms with Crippen molar-refractivity contribution < 1.29 is 28.3 Å². The number of rotatable bonds is 1.